The van der Waals surface area contributed by atoms with E-state index in [1.807, 2.05) is 0 Å². The number of fused-ring (bicyclic) bond motifs is 5. The lowest BCUT2D eigenvalue weighted by molar-refractivity contribution is 0.0267. The molecule has 0 spiro atoms. The lowest BCUT2D eigenvalue weighted by Crippen LogP contribution is -2.39. The van der Waals surface area contributed by atoms with Gasteiger partial charge in [-0.25, -0.2) is 0 Å². The van der Waals surface area contributed by atoms with Gasteiger partial charge in [0, 0.05) is 11.3 Å². The summed E-state index contributed by atoms with van der Waals surface area (Å²) < 4.78 is 0. The van der Waals surface area contributed by atoms with Crippen LogP contribution in [0.15, 0.2) is 35.9 Å². The van der Waals surface area contributed by atoms with E-state index in [1.165, 1.54) is 24.8 Å². The maximum atomic E-state index is 10.3. The quantitative estimate of drug-likeness (QED) is 0.698. The SMILES string of the molecule is C[C@]12CCC3C(=CCc4ccccc43)C1CC[C@H]2O. The Morgan fingerprint density at radius 3 is 2.89 bits per heavy atom. The topological polar surface area (TPSA) is 20.2 Å². The first kappa shape index (κ1) is 11.7. The predicted octanol–water partition coefficient (Wildman–Crippen LogP) is 3.82. The van der Waals surface area contributed by atoms with Crippen molar-refractivity contribution in [2.75, 3.05) is 0 Å². The van der Waals surface area contributed by atoms with Gasteiger partial charge in [-0.3, -0.25) is 0 Å². The van der Waals surface area contributed by atoms with Gasteiger partial charge in [0.25, 0.3) is 0 Å². The summed E-state index contributed by atoms with van der Waals surface area (Å²) in [7, 11) is 0. The van der Waals surface area contributed by atoms with Crippen molar-refractivity contribution in [2.24, 2.45) is 11.3 Å². The molecule has 3 aliphatic carbocycles. The van der Waals surface area contributed by atoms with Crippen molar-refractivity contribution in [3.63, 3.8) is 0 Å². The molecule has 19 heavy (non-hydrogen) atoms. The normalized spacial score (nSPS) is 40.1. The Morgan fingerprint density at radius 1 is 1.16 bits per heavy atom. The second-order valence-corrected chi connectivity index (χ2v) is 6.85. The summed E-state index contributed by atoms with van der Waals surface area (Å²) in [6.07, 6.45) is 8.05. The first-order valence-electron chi connectivity index (χ1n) is 7.66. The molecular weight excluding hydrogens is 232 g/mol. The van der Waals surface area contributed by atoms with E-state index >= 15 is 0 Å². The third-order valence-corrected chi connectivity index (χ3v) is 6.05. The van der Waals surface area contributed by atoms with Gasteiger partial charge in [0.15, 0.2) is 0 Å². The first-order valence-corrected chi connectivity index (χ1v) is 7.66. The second-order valence-electron chi connectivity index (χ2n) is 6.85. The summed E-state index contributed by atoms with van der Waals surface area (Å²) in [6, 6.07) is 8.93. The van der Waals surface area contributed by atoms with Crippen molar-refractivity contribution in [3.8, 4) is 0 Å². The minimum absolute atomic E-state index is 0.0866. The third-order valence-electron chi connectivity index (χ3n) is 6.05. The summed E-state index contributed by atoms with van der Waals surface area (Å²) in [5, 5.41) is 10.3. The fourth-order valence-electron chi connectivity index (χ4n) is 4.88. The Kier molecular flexibility index (Phi) is 2.44. The molecule has 0 aliphatic heterocycles. The lowest BCUT2D eigenvalue weighted by atomic mass is 9.59. The van der Waals surface area contributed by atoms with Crippen molar-refractivity contribution >= 4 is 0 Å². The van der Waals surface area contributed by atoms with E-state index in [1.54, 1.807) is 11.1 Å². The van der Waals surface area contributed by atoms with Crippen LogP contribution in [-0.4, -0.2) is 11.2 Å². The molecule has 0 amide bonds. The van der Waals surface area contributed by atoms with Crippen LogP contribution < -0.4 is 0 Å². The second kappa shape index (κ2) is 3.96. The molecule has 4 rings (SSSR count). The maximum absolute atomic E-state index is 10.3. The average Bonchev–Trinajstić information content (AvgIpc) is 2.75. The fraction of sp³-hybridized carbons (Fsp3) is 0.556. The van der Waals surface area contributed by atoms with Crippen molar-refractivity contribution in [2.45, 2.75) is 51.0 Å². The molecule has 2 saturated carbocycles. The van der Waals surface area contributed by atoms with Crippen molar-refractivity contribution in [1.29, 1.82) is 0 Å². The molecule has 2 fully saturated rings. The highest BCUT2D eigenvalue weighted by Gasteiger charge is 2.51. The Hall–Kier alpha value is -1.08. The van der Waals surface area contributed by atoms with Gasteiger partial charge in [-0.2, -0.15) is 0 Å². The summed E-state index contributed by atoms with van der Waals surface area (Å²) >= 11 is 0. The van der Waals surface area contributed by atoms with Gasteiger partial charge in [0.2, 0.25) is 0 Å². The van der Waals surface area contributed by atoms with E-state index in [2.05, 4.69) is 37.3 Å². The molecule has 1 N–H and O–H groups in total. The van der Waals surface area contributed by atoms with Crippen LogP contribution in [0.5, 0.6) is 0 Å². The Labute approximate surface area is 115 Å². The summed E-state index contributed by atoms with van der Waals surface area (Å²) in [5.41, 5.74) is 4.86. The number of rotatable bonds is 0. The van der Waals surface area contributed by atoms with E-state index in [9.17, 15) is 5.11 Å². The molecule has 0 radical (unpaired) electrons. The smallest absolute Gasteiger partial charge is 0.0599 e. The molecule has 1 heteroatoms. The molecule has 1 aromatic carbocycles. The molecule has 0 aromatic heterocycles. The molecule has 1 nitrogen and oxygen atoms in total. The minimum atomic E-state index is -0.0866. The number of hydrogen-bond donors (Lipinski definition) is 1. The van der Waals surface area contributed by atoms with E-state index in [4.69, 9.17) is 0 Å². The standard InChI is InChI=1S/C18H22O/c1-18-11-10-14-13-5-3-2-4-12(13)6-7-15(14)16(18)8-9-17(18)19/h2-5,7,14,16-17,19H,6,8-11H2,1H3/t14?,16?,17-,18+/m1/s1. The minimum Gasteiger partial charge on any atom is -0.393 e. The van der Waals surface area contributed by atoms with Crippen molar-refractivity contribution in [3.05, 3.63) is 47.0 Å². The van der Waals surface area contributed by atoms with Crippen LogP contribution in [0.25, 0.3) is 0 Å². The lowest BCUT2D eigenvalue weighted by Gasteiger charge is -2.46. The number of allylic oxidation sites excluding steroid dienone is 2. The van der Waals surface area contributed by atoms with E-state index in [-0.39, 0.29) is 11.5 Å². The number of aliphatic hydroxyl groups is 1. The molecular formula is C18H22O. The fourth-order valence-corrected chi connectivity index (χ4v) is 4.88. The van der Waals surface area contributed by atoms with Gasteiger partial charge in [0.05, 0.1) is 6.10 Å². The van der Waals surface area contributed by atoms with E-state index < -0.39 is 0 Å². The van der Waals surface area contributed by atoms with Gasteiger partial charge >= 0.3 is 0 Å². The zero-order chi connectivity index (χ0) is 13.0. The molecule has 1 aromatic rings. The molecule has 2 unspecified atom stereocenters. The monoisotopic (exact) mass is 254 g/mol. The molecule has 0 saturated heterocycles. The van der Waals surface area contributed by atoms with Crippen molar-refractivity contribution in [1.82, 2.24) is 0 Å². The third kappa shape index (κ3) is 1.51. The van der Waals surface area contributed by atoms with Gasteiger partial charge in [0.1, 0.15) is 0 Å². The Balaban J connectivity index is 1.77. The van der Waals surface area contributed by atoms with Gasteiger partial charge < -0.3 is 5.11 Å². The molecule has 4 atom stereocenters. The summed E-state index contributed by atoms with van der Waals surface area (Å²) in [4.78, 5) is 0. The maximum Gasteiger partial charge on any atom is 0.0599 e. The van der Waals surface area contributed by atoms with Gasteiger partial charge in [-0.1, -0.05) is 42.8 Å². The van der Waals surface area contributed by atoms with E-state index in [0.29, 0.717) is 11.8 Å². The highest BCUT2D eigenvalue weighted by Crippen LogP contribution is 2.59. The number of aliphatic hydroxyl groups excluding tert-OH is 1. The van der Waals surface area contributed by atoms with Gasteiger partial charge in [-0.05, 0) is 49.1 Å². The van der Waals surface area contributed by atoms with Gasteiger partial charge in [-0.15, -0.1) is 0 Å². The van der Waals surface area contributed by atoms with Crippen LogP contribution in [0.3, 0.4) is 0 Å². The molecule has 0 bridgehead atoms. The van der Waals surface area contributed by atoms with Crippen LogP contribution in [0.4, 0.5) is 0 Å². The molecule has 100 valence electrons. The average molecular weight is 254 g/mol. The Morgan fingerprint density at radius 2 is 2.00 bits per heavy atom. The van der Waals surface area contributed by atoms with Crippen LogP contribution in [0.1, 0.15) is 49.7 Å². The largest absolute Gasteiger partial charge is 0.393 e. The Bertz CT molecular complexity index is 544. The molecule has 3 aliphatic rings. The van der Waals surface area contributed by atoms with Crippen molar-refractivity contribution < 1.29 is 5.11 Å². The number of hydrogen-bond acceptors (Lipinski definition) is 1. The van der Waals surface area contributed by atoms with E-state index in [0.717, 1.165) is 12.8 Å². The van der Waals surface area contributed by atoms with Crippen LogP contribution >= 0.6 is 0 Å². The van der Waals surface area contributed by atoms with Crippen LogP contribution in [0, 0.1) is 11.3 Å². The summed E-state index contributed by atoms with van der Waals surface area (Å²) in [5.74, 6) is 1.25. The zero-order valence-electron chi connectivity index (χ0n) is 11.6. The highest BCUT2D eigenvalue weighted by molar-refractivity contribution is 5.44. The first-order chi connectivity index (χ1) is 9.20. The zero-order valence-corrected chi connectivity index (χ0v) is 11.6. The summed E-state index contributed by atoms with van der Waals surface area (Å²) in [6.45, 7) is 2.31. The number of benzene rings is 1. The van der Waals surface area contributed by atoms with Crippen LogP contribution in [-0.2, 0) is 6.42 Å². The predicted molar refractivity (Wildman–Crippen MR) is 77.0 cm³/mol. The molecule has 0 heterocycles. The highest BCUT2D eigenvalue weighted by atomic mass is 16.3. The van der Waals surface area contributed by atoms with Crippen LogP contribution in [0.2, 0.25) is 0 Å².